The molecule has 0 aromatic heterocycles. The van der Waals surface area contributed by atoms with Gasteiger partial charge in [-0.05, 0) is 53.9 Å². The van der Waals surface area contributed by atoms with Gasteiger partial charge in [-0.25, -0.2) is 0 Å². The molecule has 2 aromatic rings. The number of aliphatic hydroxyl groups excluding tert-OH is 1. The number of unbranched alkanes of at least 4 members (excludes halogenated alkanes) is 7. The zero-order valence-electron chi connectivity index (χ0n) is 20.6. The van der Waals surface area contributed by atoms with Crippen LogP contribution in [0, 0.1) is 0 Å². The topological polar surface area (TPSA) is 29.5 Å². The SMILES string of the molecule is CC(C)(C)[Si](OCCCCCCCC=CCCCCO)(c1ccccc1)c1ccccc1. The van der Waals surface area contributed by atoms with Gasteiger partial charge in [0.25, 0.3) is 8.32 Å². The van der Waals surface area contributed by atoms with Gasteiger partial charge >= 0.3 is 0 Å². The molecule has 0 amide bonds. The highest BCUT2D eigenvalue weighted by molar-refractivity contribution is 6.99. The van der Waals surface area contributed by atoms with Crippen LogP contribution in [0.3, 0.4) is 0 Å². The lowest BCUT2D eigenvalue weighted by Gasteiger charge is -2.43. The Morgan fingerprint density at radius 2 is 1.16 bits per heavy atom. The van der Waals surface area contributed by atoms with E-state index in [0.29, 0.717) is 6.61 Å². The molecule has 1 N–H and O–H groups in total. The van der Waals surface area contributed by atoms with E-state index in [1.807, 2.05) is 0 Å². The summed E-state index contributed by atoms with van der Waals surface area (Å²) in [5.41, 5.74) is 0. The van der Waals surface area contributed by atoms with Crippen LogP contribution in [0.15, 0.2) is 72.8 Å². The third-order valence-electron chi connectivity index (χ3n) is 6.20. The lowest BCUT2D eigenvalue weighted by Crippen LogP contribution is -2.66. The van der Waals surface area contributed by atoms with Crippen LogP contribution in [0.2, 0.25) is 5.04 Å². The molecule has 0 fully saturated rings. The molecule has 0 saturated heterocycles. The summed E-state index contributed by atoms with van der Waals surface area (Å²) in [6, 6.07) is 21.9. The maximum atomic E-state index is 8.80. The van der Waals surface area contributed by atoms with Crippen LogP contribution in [-0.2, 0) is 4.43 Å². The predicted molar refractivity (Wildman–Crippen MR) is 141 cm³/mol. The fourth-order valence-corrected chi connectivity index (χ4v) is 9.10. The average Bonchev–Trinajstić information content (AvgIpc) is 2.80. The molecule has 0 bridgehead atoms. The van der Waals surface area contributed by atoms with Gasteiger partial charge in [-0.1, -0.05) is 113 Å². The van der Waals surface area contributed by atoms with Gasteiger partial charge in [0.1, 0.15) is 0 Å². The Morgan fingerprint density at radius 1 is 0.688 bits per heavy atom. The number of hydrogen-bond acceptors (Lipinski definition) is 2. The van der Waals surface area contributed by atoms with Crippen molar-refractivity contribution in [1.29, 1.82) is 0 Å². The van der Waals surface area contributed by atoms with Crippen molar-refractivity contribution < 1.29 is 9.53 Å². The first kappa shape index (κ1) is 26.6. The van der Waals surface area contributed by atoms with E-state index in [4.69, 9.17) is 9.53 Å². The lowest BCUT2D eigenvalue weighted by atomic mass is 10.1. The minimum absolute atomic E-state index is 0.0548. The molecule has 0 unspecified atom stereocenters. The summed E-state index contributed by atoms with van der Waals surface area (Å²) in [5, 5.41) is 11.6. The standard InChI is InChI=1S/C29H44O2Si/c1-29(2,3)32(27-21-15-13-16-22-27,28-23-17-14-18-24-28)31-26-20-12-10-8-6-4-5-7-9-11-19-25-30/h5,7,13-18,21-24,30H,4,6,8-12,19-20,25-26H2,1-3H3. The van der Waals surface area contributed by atoms with Crippen LogP contribution in [0.25, 0.3) is 0 Å². The minimum atomic E-state index is -2.37. The zero-order chi connectivity index (χ0) is 23.1. The van der Waals surface area contributed by atoms with E-state index in [9.17, 15) is 0 Å². The largest absolute Gasteiger partial charge is 0.407 e. The van der Waals surface area contributed by atoms with Crippen molar-refractivity contribution in [2.24, 2.45) is 0 Å². The second kappa shape index (κ2) is 14.5. The van der Waals surface area contributed by atoms with Gasteiger partial charge in [-0.2, -0.15) is 0 Å². The summed E-state index contributed by atoms with van der Waals surface area (Å²) in [7, 11) is -2.37. The van der Waals surface area contributed by atoms with E-state index in [2.05, 4.69) is 93.6 Å². The van der Waals surface area contributed by atoms with Crippen molar-refractivity contribution in [3.05, 3.63) is 72.8 Å². The first-order chi connectivity index (χ1) is 15.5. The van der Waals surface area contributed by atoms with E-state index in [1.54, 1.807) is 0 Å². The van der Waals surface area contributed by atoms with Crippen LogP contribution in [0.1, 0.15) is 78.6 Å². The van der Waals surface area contributed by atoms with Gasteiger partial charge in [0, 0.05) is 13.2 Å². The van der Waals surface area contributed by atoms with Gasteiger partial charge in [-0.15, -0.1) is 0 Å². The van der Waals surface area contributed by atoms with Crippen molar-refractivity contribution in [1.82, 2.24) is 0 Å². The fraction of sp³-hybridized carbons (Fsp3) is 0.517. The zero-order valence-corrected chi connectivity index (χ0v) is 21.6. The Labute approximate surface area is 197 Å². The van der Waals surface area contributed by atoms with Crippen LogP contribution < -0.4 is 10.4 Å². The summed E-state index contributed by atoms with van der Waals surface area (Å²) in [5.74, 6) is 0. The normalized spacial score (nSPS) is 12.5. The molecule has 2 nitrogen and oxygen atoms in total. The van der Waals surface area contributed by atoms with E-state index in [1.165, 1.54) is 42.5 Å². The smallest absolute Gasteiger partial charge is 0.261 e. The van der Waals surface area contributed by atoms with Crippen LogP contribution in [0.4, 0.5) is 0 Å². The molecule has 0 aliphatic heterocycles. The van der Waals surface area contributed by atoms with Crippen LogP contribution in [-0.4, -0.2) is 26.6 Å². The first-order valence-corrected chi connectivity index (χ1v) is 14.4. The summed E-state index contributed by atoms with van der Waals surface area (Å²) < 4.78 is 6.97. The number of aliphatic hydroxyl groups is 1. The number of benzene rings is 2. The number of hydrogen-bond donors (Lipinski definition) is 1. The number of allylic oxidation sites excluding steroid dienone is 2. The van der Waals surface area contributed by atoms with Gasteiger partial charge in [0.2, 0.25) is 0 Å². The molecular weight excluding hydrogens is 408 g/mol. The molecular formula is C29H44O2Si. The molecule has 0 heterocycles. The minimum Gasteiger partial charge on any atom is -0.407 e. The first-order valence-electron chi connectivity index (χ1n) is 12.5. The van der Waals surface area contributed by atoms with Crippen molar-refractivity contribution in [2.45, 2.75) is 83.6 Å². The number of rotatable bonds is 15. The van der Waals surface area contributed by atoms with Crippen LogP contribution >= 0.6 is 0 Å². The van der Waals surface area contributed by atoms with Gasteiger partial charge in [0.05, 0.1) is 0 Å². The molecule has 2 rings (SSSR count). The second-order valence-electron chi connectivity index (χ2n) is 9.76. The monoisotopic (exact) mass is 452 g/mol. The van der Waals surface area contributed by atoms with E-state index < -0.39 is 8.32 Å². The lowest BCUT2D eigenvalue weighted by molar-refractivity contribution is 0.285. The highest BCUT2D eigenvalue weighted by atomic mass is 28.4. The predicted octanol–water partition coefficient (Wildman–Crippen LogP) is 6.62. The van der Waals surface area contributed by atoms with Crippen LogP contribution in [0.5, 0.6) is 0 Å². The quantitative estimate of drug-likeness (QED) is 0.187. The van der Waals surface area contributed by atoms with Gasteiger partial charge in [-0.3, -0.25) is 0 Å². The Balaban J connectivity index is 1.86. The summed E-state index contributed by atoms with van der Waals surface area (Å²) in [6.45, 7) is 8.18. The van der Waals surface area contributed by atoms with Crippen molar-refractivity contribution in [3.63, 3.8) is 0 Å². The maximum absolute atomic E-state index is 8.80. The summed E-state index contributed by atoms with van der Waals surface area (Å²) in [6.07, 6.45) is 15.1. The highest BCUT2D eigenvalue weighted by Crippen LogP contribution is 2.36. The second-order valence-corrected chi connectivity index (χ2v) is 14.1. The Hall–Kier alpha value is -1.68. The molecule has 0 aliphatic rings. The molecule has 2 aromatic carbocycles. The molecule has 0 aliphatic carbocycles. The highest BCUT2D eigenvalue weighted by Gasteiger charge is 2.49. The Kier molecular flexibility index (Phi) is 12.0. The van der Waals surface area contributed by atoms with E-state index in [-0.39, 0.29) is 5.04 Å². The molecule has 176 valence electrons. The average molecular weight is 453 g/mol. The molecule has 0 radical (unpaired) electrons. The van der Waals surface area contributed by atoms with Gasteiger partial charge in [0.15, 0.2) is 0 Å². The maximum Gasteiger partial charge on any atom is 0.261 e. The molecule has 0 saturated carbocycles. The summed E-state index contributed by atoms with van der Waals surface area (Å²) >= 11 is 0. The van der Waals surface area contributed by atoms with E-state index >= 15 is 0 Å². The molecule has 0 spiro atoms. The Morgan fingerprint density at radius 3 is 1.66 bits per heavy atom. The van der Waals surface area contributed by atoms with Gasteiger partial charge < -0.3 is 9.53 Å². The van der Waals surface area contributed by atoms with E-state index in [0.717, 1.165) is 32.3 Å². The van der Waals surface area contributed by atoms with Crippen molar-refractivity contribution >= 4 is 18.7 Å². The Bertz CT molecular complexity index is 710. The van der Waals surface area contributed by atoms with Crippen molar-refractivity contribution in [2.75, 3.05) is 13.2 Å². The molecule has 3 heteroatoms. The third-order valence-corrected chi connectivity index (χ3v) is 11.2. The molecule has 0 atom stereocenters. The molecule has 32 heavy (non-hydrogen) atoms. The fourth-order valence-electron chi connectivity index (χ4n) is 4.49. The van der Waals surface area contributed by atoms with Crippen molar-refractivity contribution in [3.8, 4) is 0 Å². The summed E-state index contributed by atoms with van der Waals surface area (Å²) in [4.78, 5) is 0. The third kappa shape index (κ3) is 8.02.